The van der Waals surface area contributed by atoms with Gasteiger partial charge in [0, 0.05) is 20.0 Å². The van der Waals surface area contributed by atoms with Crippen LogP contribution in [-0.4, -0.2) is 52.8 Å². The third-order valence-corrected chi connectivity index (χ3v) is 5.96. The molecule has 0 aliphatic heterocycles. The number of nitrogens with zero attached hydrogens (tertiary/aromatic N) is 4. The van der Waals surface area contributed by atoms with Gasteiger partial charge >= 0.3 is 6.09 Å². The minimum atomic E-state index is -1.00. The molecule has 178 valence electrons. The summed E-state index contributed by atoms with van der Waals surface area (Å²) in [7, 11) is 2.62. The Hall–Kier alpha value is -3.36. The van der Waals surface area contributed by atoms with Gasteiger partial charge in [0.25, 0.3) is 0 Å². The molecule has 1 heterocycles. The van der Waals surface area contributed by atoms with Gasteiger partial charge in [-0.15, -0.1) is 0 Å². The molecular formula is C24H31FN4O4. The number of allylic oxidation sites excluding steroid dienone is 1. The molecule has 1 aromatic carbocycles. The van der Waals surface area contributed by atoms with Crippen LogP contribution in [0, 0.1) is 16.1 Å². The van der Waals surface area contributed by atoms with E-state index < -0.39 is 6.09 Å². The van der Waals surface area contributed by atoms with Crippen molar-refractivity contribution in [3.8, 4) is 5.69 Å². The van der Waals surface area contributed by atoms with Crippen molar-refractivity contribution >= 4 is 18.5 Å². The van der Waals surface area contributed by atoms with Crippen molar-refractivity contribution in [3.63, 3.8) is 0 Å². The van der Waals surface area contributed by atoms with Crippen LogP contribution in [0.5, 0.6) is 0 Å². The summed E-state index contributed by atoms with van der Waals surface area (Å²) in [4.78, 5) is 29.3. The maximum absolute atomic E-state index is 13.1. The highest BCUT2D eigenvalue weighted by Gasteiger charge is 2.36. The van der Waals surface area contributed by atoms with E-state index in [0.29, 0.717) is 11.7 Å². The fourth-order valence-electron chi connectivity index (χ4n) is 4.14. The summed E-state index contributed by atoms with van der Waals surface area (Å²) >= 11 is 0. The van der Waals surface area contributed by atoms with Crippen molar-refractivity contribution < 1.29 is 19.1 Å². The third-order valence-electron chi connectivity index (χ3n) is 5.96. The van der Waals surface area contributed by atoms with E-state index >= 15 is 0 Å². The minimum absolute atomic E-state index is 0.210. The van der Waals surface area contributed by atoms with E-state index in [2.05, 4.69) is 23.3 Å². The Morgan fingerprint density at radius 3 is 2.61 bits per heavy atom. The molecule has 1 N–H and O–H groups in total. The maximum Gasteiger partial charge on any atom is 0.407 e. The Morgan fingerprint density at radius 2 is 2.00 bits per heavy atom. The molecular weight excluding hydrogens is 427 g/mol. The fourth-order valence-corrected chi connectivity index (χ4v) is 4.14. The zero-order chi connectivity index (χ0) is 24.4. The molecule has 2 aliphatic carbocycles. The van der Waals surface area contributed by atoms with E-state index in [-0.39, 0.29) is 18.8 Å². The monoisotopic (exact) mass is 458 g/mol. The molecule has 9 heteroatoms. The summed E-state index contributed by atoms with van der Waals surface area (Å²) in [6, 6.07) is 6.56. The van der Waals surface area contributed by atoms with Gasteiger partial charge in [-0.05, 0) is 67.0 Å². The van der Waals surface area contributed by atoms with Crippen LogP contribution >= 0.6 is 0 Å². The van der Waals surface area contributed by atoms with Gasteiger partial charge in [0.05, 0.1) is 24.6 Å². The standard InChI is InChI=1S/C18H19FN2.C5H9NO3.CH3NO/c1-18-9-3-2-4-14(18)10-17-13(11-18)12-20-21(17)16-7-5-15(19)6-8-16;1-6(5(8)9)3-2-4-7;1-2-3/h5-8,10,12H,2-4,9,11H2,1H3;4H,2-3H2,1H3,(H,8,9);1H3. The smallest absolute Gasteiger partial charge is 0.407 e. The number of halogens is 1. The number of carboxylic acid groups (broad SMARTS) is 1. The number of hydrogen-bond acceptors (Lipinski definition) is 5. The molecule has 4 rings (SSSR count). The number of aromatic nitrogens is 2. The van der Waals surface area contributed by atoms with Crippen LogP contribution in [0.2, 0.25) is 0 Å². The molecule has 1 unspecified atom stereocenters. The van der Waals surface area contributed by atoms with E-state index in [0.717, 1.165) is 17.0 Å². The van der Waals surface area contributed by atoms with Crippen LogP contribution in [-0.2, 0) is 11.2 Å². The number of hydrogen-bond donors (Lipinski definition) is 1. The van der Waals surface area contributed by atoms with Gasteiger partial charge in [-0.1, -0.05) is 24.1 Å². The Kier molecular flexibility index (Phi) is 9.44. The molecule has 0 saturated heterocycles. The summed E-state index contributed by atoms with van der Waals surface area (Å²) in [5.41, 5.74) is 5.30. The lowest BCUT2D eigenvalue weighted by Gasteiger charge is -2.39. The van der Waals surface area contributed by atoms with Crippen LogP contribution in [0.1, 0.15) is 50.3 Å². The summed E-state index contributed by atoms with van der Waals surface area (Å²) < 4.78 is 15.0. The first-order valence-corrected chi connectivity index (χ1v) is 10.9. The van der Waals surface area contributed by atoms with Crippen molar-refractivity contribution in [3.05, 3.63) is 58.0 Å². The molecule has 1 atom stereocenters. The van der Waals surface area contributed by atoms with Crippen molar-refractivity contribution in [2.75, 3.05) is 20.6 Å². The van der Waals surface area contributed by atoms with E-state index in [9.17, 15) is 14.0 Å². The average Bonchev–Trinajstić information content (AvgIpc) is 3.18. The number of amides is 1. The van der Waals surface area contributed by atoms with Gasteiger partial charge < -0.3 is 14.8 Å². The van der Waals surface area contributed by atoms with Gasteiger partial charge in [0.2, 0.25) is 0 Å². The van der Waals surface area contributed by atoms with Crippen LogP contribution in [0.3, 0.4) is 0 Å². The first-order valence-electron chi connectivity index (χ1n) is 10.9. The molecule has 0 spiro atoms. The van der Waals surface area contributed by atoms with Crippen molar-refractivity contribution in [1.82, 2.24) is 14.7 Å². The van der Waals surface area contributed by atoms with E-state index in [1.807, 2.05) is 10.9 Å². The Labute approximate surface area is 193 Å². The summed E-state index contributed by atoms with van der Waals surface area (Å²) in [6.45, 7) is 2.66. The number of aldehydes is 1. The lowest BCUT2D eigenvalue weighted by molar-refractivity contribution is -0.108. The predicted octanol–water partition coefficient (Wildman–Crippen LogP) is 5.10. The largest absolute Gasteiger partial charge is 0.465 e. The molecule has 2 aromatic rings. The quantitative estimate of drug-likeness (QED) is 0.507. The number of nitroso groups, excluding NO2 is 1. The molecule has 1 aromatic heterocycles. The van der Waals surface area contributed by atoms with Crippen LogP contribution in [0.4, 0.5) is 9.18 Å². The second-order valence-corrected chi connectivity index (χ2v) is 8.40. The molecule has 0 radical (unpaired) electrons. The highest BCUT2D eigenvalue weighted by Crippen LogP contribution is 2.47. The third kappa shape index (κ3) is 6.81. The highest BCUT2D eigenvalue weighted by molar-refractivity contribution is 5.65. The van der Waals surface area contributed by atoms with Gasteiger partial charge in [-0.2, -0.15) is 10.0 Å². The normalized spacial score (nSPS) is 18.1. The number of fused-ring (bicyclic) bond motifs is 2. The molecule has 8 nitrogen and oxygen atoms in total. The topological polar surface area (TPSA) is 105 Å². The van der Waals surface area contributed by atoms with Gasteiger partial charge in [-0.25, -0.2) is 13.9 Å². The predicted molar refractivity (Wildman–Crippen MR) is 125 cm³/mol. The average molecular weight is 459 g/mol. The lowest BCUT2D eigenvalue weighted by atomic mass is 9.66. The molecule has 1 fully saturated rings. The highest BCUT2D eigenvalue weighted by atomic mass is 19.1. The van der Waals surface area contributed by atoms with E-state index in [1.54, 1.807) is 17.7 Å². The van der Waals surface area contributed by atoms with Gasteiger partial charge in [-0.3, -0.25) is 0 Å². The maximum atomic E-state index is 13.1. The summed E-state index contributed by atoms with van der Waals surface area (Å²) in [5, 5.41) is 15.0. The molecule has 1 saturated carbocycles. The molecule has 2 aliphatic rings. The fraction of sp³-hybridized carbons (Fsp3) is 0.458. The van der Waals surface area contributed by atoms with Crippen LogP contribution in [0.15, 0.2) is 41.2 Å². The van der Waals surface area contributed by atoms with Crippen molar-refractivity contribution in [2.45, 2.75) is 45.4 Å². The second kappa shape index (κ2) is 12.0. The van der Waals surface area contributed by atoms with Gasteiger partial charge in [0.1, 0.15) is 12.1 Å². The lowest BCUT2D eigenvalue weighted by Crippen LogP contribution is -2.28. The second-order valence-electron chi connectivity index (χ2n) is 8.40. The van der Waals surface area contributed by atoms with Crippen LogP contribution < -0.4 is 0 Å². The zero-order valence-corrected chi connectivity index (χ0v) is 19.3. The number of carbonyl (C=O) groups excluding carboxylic acids is 1. The SMILES string of the molecule is CC12CCCCC1=Cc1c(cnn1-c1ccc(F)cc1)C2.CN(CCC=O)C(=O)O.CN=O. The summed E-state index contributed by atoms with van der Waals surface area (Å²) in [5.74, 6) is -0.210. The first kappa shape index (κ1) is 25.9. The van der Waals surface area contributed by atoms with Crippen LogP contribution in [0.25, 0.3) is 11.8 Å². The minimum Gasteiger partial charge on any atom is -0.465 e. The van der Waals surface area contributed by atoms with Gasteiger partial charge in [0.15, 0.2) is 0 Å². The van der Waals surface area contributed by atoms with E-state index in [1.165, 1.54) is 63.2 Å². The first-order chi connectivity index (χ1) is 15.8. The Bertz CT molecular complexity index is 987. The zero-order valence-electron chi connectivity index (χ0n) is 19.3. The Balaban J connectivity index is 0.000000272. The van der Waals surface area contributed by atoms with E-state index in [4.69, 9.17) is 10.0 Å². The molecule has 0 bridgehead atoms. The molecule has 1 amide bonds. The molecule has 33 heavy (non-hydrogen) atoms. The number of carbonyl (C=O) groups is 2. The Morgan fingerprint density at radius 1 is 1.33 bits per heavy atom. The number of benzene rings is 1. The number of rotatable bonds is 4. The van der Waals surface area contributed by atoms with Crippen molar-refractivity contribution in [1.29, 1.82) is 0 Å². The summed E-state index contributed by atoms with van der Waals surface area (Å²) in [6.07, 6.45) is 10.4. The van der Waals surface area contributed by atoms with Crippen molar-refractivity contribution in [2.24, 2.45) is 10.6 Å².